The van der Waals surface area contributed by atoms with Crippen LogP contribution in [0.3, 0.4) is 0 Å². The van der Waals surface area contributed by atoms with Gasteiger partial charge in [0.25, 0.3) is 11.8 Å². The summed E-state index contributed by atoms with van der Waals surface area (Å²) < 4.78 is 10.4. The van der Waals surface area contributed by atoms with E-state index in [-0.39, 0.29) is 11.8 Å². The van der Waals surface area contributed by atoms with Gasteiger partial charge in [-0.15, -0.1) is 0 Å². The minimum atomic E-state index is -0.261. The molecule has 0 saturated heterocycles. The van der Waals surface area contributed by atoms with Crippen molar-refractivity contribution in [2.45, 2.75) is 6.54 Å². The third-order valence-corrected chi connectivity index (χ3v) is 4.90. The van der Waals surface area contributed by atoms with Gasteiger partial charge in [-0.3, -0.25) is 9.59 Å². The monoisotopic (exact) mass is 388 g/mol. The number of anilines is 2. The maximum Gasteiger partial charge on any atom is 0.258 e. The van der Waals surface area contributed by atoms with Crippen LogP contribution >= 0.6 is 0 Å². The molecule has 0 aromatic heterocycles. The Morgan fingerprint density at radius 3 is 2.34 bits per heavy atom. The molecule has 6 heteroatoms. The number of methoxy groups -OCH3 is 2. The summed E-state index contributed by atoms with van der Waals surface area (Å²) in [6.07, 6.45) is 0. The van der Waals surface area contributed by atoms with Crippen LogP contribution in [0.1, 0.15) is 26.3 Å². The summed E-state index contributed by atoms with van der Waals surface area (Å²) in [5.41, 5.74) is 3.63. The average Bonchev–Trinajstić information content (AvgIpc) is 3.10. The summed E-state index contributed by atoms with van der Waals surface area (Å²) >= 11 is 0. The summed E-state index contributed by atoms with van der Waals surface area (Å²) in [5.74, 6) is 0.776. The molecule has 0 saturated carbocycles. The molecular weight excluding hydrogens is 368 g/mol. The lowest BCUT2D eigenvalue weighted by atomic mass is 10.1. The lowest BCUT2D eigenvalue weighted by Crippen LogP contribution is -2.22. The normalized spacial score (nSPS) is 12.5. The van der Waals surface area contributed by atoms with Crippen LogP contribution in [-0.2, 0) is 6.54 Å². The second-order valence-electron chi connectivity index (χ2n) is 6.62. The first kappa shape index (κ1) is 18.6. The molecule has 3 aromatic rings. The number of nitrogens with zero attached hydrogens (tertiary/aromatic N) is 1. The van der Waals surface area contributed by atoms with E-state index in [9.17, 15) is 9.59 Å². The zero-order chi connectivity index (χ0) is 20.4. The van der Waals surface area contributed by atoms with Gasteiger partial charge in [0.05, 0.1) is 20.8 Å². The molecule has 0 atom stereocenters. The van der Waals surface area contributed by atoms with Crippen LogP contribution < -0.4 is 19.7 Å². The van der Waals surface area contributed by atoms with Crippen LogP contribution in [0.4, 0.5) is 11.4 Å². The molecule has 0 bridgehead atoms. The summed E-state index contributed by atoms with van der Waals surface area (Å²) in [4.78, 5) is 26.9. The van der Waals surface area contributed by atoms with E-state index >= 15 is 0 Å². The fourth-order valence-corrected chi connectivity index (χ4v) is 3.37. The topological polar surface area (TPSA) is 67.9 Å². The first-order chi connectivity index (χ1) is 14.1. The number of amides is 2. The number of hydrogen-bond acceptors (Lipinski definition) is 4. The Labute approximate surface area is 168 Å². The number of benzene rings is 3. The molecule has 6 nitrogen and oxygen atoms in total. The van der Waals surface area contributed by atoms with E-state index in [0.717, 1.165) is 16.8 Å². The number of hydrogen-bond donors (Lipinski definition) is 1. The van der Waals surface area contributed by atoms with Gasteiger partial charge < -0.3 is 19.7 Å². The highest BCUT2D eigenvalue weighted by molar-refractivity contribution is 6.10. The first-order valence-corrected chi connectivity index (χ1v) is 9.14. The first-order valence-electron chi connectivity index (χ1n) is 9.14. The van der Waals surface area contributed by atoms with Crippen molar-refractivity contribution in [3.8, 4) is 11.5 Å². The van der Waals surface area contributed by atoms with Crippen LogP contribution in [-0.4, -0.2) is 26.0 Å². The minimum Gasteiger partial charge on any atom is -0.493 e. The maximum atomic E-state index is 12.6. The van der Waals surface area contributed by atoms with Gasteiger partial charge in [-0.25, -0.2) is 0 Å². The van der Waals surface area contributed by atoms with E-state index in [1.807, 2.05) is 36.4 Å². The molecule has 1 aliphatic rings. The van der Waals surface area contributed by atoms with E-state index < -0.39 is 0 Å². The van der Waals surface area contributed by atoms with E-state index in [4.69, 9.17) is 9.47 Å². The molecule has 0 spiro atoms. The van der Waals surface area contributed by atoms with E-state index in [1.54, 1.807) is 42.3 Å². The third kappa shape index (κ3) is 3.52. The van der Waals surface area contributed by atoms with Crippen LogP contribution in [0.2, 0.25) is 0 Å². The van der Waals surface area contributed by atoms with Crippen molar-refractivity contribution in [3.05, 3.63) is 83.4 Å². The molecule has 3 aromatic carbocycles. The van der Waals surface area contributed by atoms with Crippen LogP contribution in [0.25, 0.3) is 0 Å². The molecule has 0 aliphatic carbocycles. The molecule has 2 amide bonds. The van der Waals surface area contributed by atoms with Crippen molar-refractivity contribution in [3.63, 3.8) is 0 Å². The Morgan fingerprint density at radius 1 is 0.931 bits per heavy atom. The Bertz CT molecular complexity index is 1080. The number of rotatable bonds is 5. The molecule has 0 fully saturated rings. The predicted octanol–water partition coefficient (Wildman–Crippen LogP) is 4.12. The zero-order valence-corrected chi connectivity index (χ0v) is 16.1. The fraction of sp³-hybridized carbons (Fsp3) is 0.130. The highest BCUT2D eigenvalue weighted by Crippen LogP contribution is 2.30. The maximum absolute atomic E-state index is 12.6. The molecule has 1 heterocycles. The second-order valence-corrected chi connectivity index (χ2v) is 6.62. The van der Waals surface area contributed by atoms with E-state index in [1.165, 1.54) is 7.11 Å². The molecule has 1 N–H and O–H groups in total. The van der Waals surface area contributed by atoms with Crippen molar-refractivity contribution in [1.29, 1.82) is 0 Å². The average molecular weight is 388 g/mol. The molecular formula is C23H20N2O4. The van der Waals surface area contributed by atoms with Crippen molar-refractivity contribution >= 4 is 23.2 Å². The van der Waals surface area contributed by atoms with Gasteiger partial charge in [-0.2, -0.15) is 0 Å². The summed E-state index contributed by atoms with van der Waals surface area (Å²) in [6.45, 7) is 0.548. The molecule has 29 heavy (non-hydrogen) atoms. The lowest BCUT2D eigenvalue weighted by molar-refractivity contribution is 0.0994. The summed E-state index contributed by atoms with van der Waals surface area (Å²) in [6, 6.07) is 19.8. The van der Waals surface area contributed by atoms with Gasteiger partial charge in [0.1, 0.15) is 0 Å². The molecule has 4 rings (SSSR count). The van der Waals surface area contributed by atoms with Crippen molar-refractivity contribution in [2.75, 3.05) is 24.4 Å². The smallest absolute Gasteiger partial charge is 0.258 e. The number of carbonyl (C=O) groups excluding carboxylic acids is 2. The van der Waals surface area contributed by atoms with Crippen molar-refractivity contribution < 1.29 is 19.1 Å². The highest BCUT2D eigenvalue weighted by atomic mass is 16.5. The Morgan fingerprint density at radius 2 is 1.66 bits per heavy atom. The third-order valence-electron chi connectivity index (χ3n) is 4.90. The molecule has 146 valence electrons. The lowest BCUT2D eigenvalue weighted by Gasteiger charge is -2.16. The molecule has 1 aliphatic heterocycles. The van der Waals surface area contributed by atoms with E-state index in [2.05, 4.69) is 5.32 Å². The van der Waals surface area contributed by atoms with Crippen LogP contribution in [0.15, 0.2) is 66.7 Å². The van der Waals surface area contributed by atoms with Gasteiger partial charge in [0, 0.05) is 22.5 Å². The van der Waals surface area contributed by atoms with E-state index in [0.29, 0.717) is 29.3 Å². The van der Waals surface area contributed by atoms with Gasteiger partial charge in [-0.05, 0) is 54.1 Å². The van der Waals surface area contributed by atoms with Crippen LogP contribution in [0, 0.1) is 0 Å². The Balaban J connectivity index is 1.48. The minimum absolute atomic E-state index is 0.0114. The standard InChI is InChI=1S/C23H20N2O4/c1-28-20-12-7-15(13-21(20)29-2)22(26)24-17-8-10-18(11-9-17)25-14-16-5-3-4-6-19(16)23(25)27/h3-13H,14H2,1-2H3,(H,24,26). The SMILES string of the molecule is COc1ccc(C(=O)Nc2ccc(N3Cc4ccccc4C3=O)cc2)cc1OC. The number of carbonyl (C=O) groups is 2. The van der Waals surface area contributed by atoms with Gasteiger partial charge in [0.15, 0.2) is 11.5 Å². The zero-order valence-electron chi connectivity index (χ0n) is 16.1. The van der Waals surface area contributed by atoms with Gasteiger partial charge in [0.2, 0.25) is 0 Å². The van der Waals surface area contributed by atoms with Gasteiger partial charge in [-0.1, -0.05) is 18.2 Å². The largest absolute Gasteiger partial charge is 0.493 e. The Hall–Kier alpha value is -3.80. The number of ether oxygens (including phenoxy) is 2. The molecule has 0 unspecified atom stereocenters. The Kier molecular flexibility index (Phi) is 4.91. The predicted molar refractivity (Wildman–Crippen MR) is 111 cm³/mol. The quantitative estimate of drug-likeness (QED) is 0.714. The summed E-state index contributed by atoms with van der Waals surface area (Å²) in [5, 5.41) is 2.85. The summed E-state index contributed by atoms with van der Waals surface area (Å²) in [7, 11) is 3.07. The van der Waals surface area contributed by atoms with Crippen LogP contribution in [0.5, 0.6) is 11.5 Å². The van der Waals surface area contributed by atoms with Gasteiger partial charge >= 0.3 is 0 Å². The number of fused-ring (bicyclic) bond motifs is 1. The second kappa shape index (κ2) is 7.67. The number of nitrogens with one attached hydrogen (secondary N) is 1. The van der Waals surface area contributed by atoms with Crippen molar-refractivity contribution in [1.82, 2.24) is 0 Å². The highest BCUT2D eigenvalue weighted by Gasteiger charge is 2.27. The van der Waals surface area contributed by atoms with Crippen molar-refractivity contribution in [2.24, 2.45) is 0 Å². The fourth-order valence-electron chi connectivity index (χ4n) is 3.37. The molecule has 0 radical (unpaired) electrons.